The number of amides is 1. The second-order valence-electron chi connectivity index (χ2n) is 12.1. The van der Waals surface area contributed by atoms with Crippen molar-refractivity contribution in [2.24, 2.45) is 0 Å². The highest BCUT2D eigenvalue weighted by atomic mass is 16.8. The van der Waals surface area contributed by atoms with Gasteiger partial charge in [-0.25, -0.2) is 0 Å². The van der Waals surface area contributed by atoms with Crippen molar-refractivity contribution in [1.82, 2.24) is 4.90 Å². The zero-order valence-electron chi connectivity index (χ0n) is 25.0. The van der Waals surface area contributed by atoms with Crippen LogP contribution in [0.5, 0.6) is 0 Å². The molecule has 3 saturated heterocycles. The molecule has 8 nitrogen and oxygen atoms in total. The minimum absolute atomic E-state index is 0.000173. The number of nitrogens with zero attached hydrogens (tertiary/aromatic N) is 1. The first-order chi connectivity index (χ1) is 18.2. The summed E-state index contributed by atoms with van der Waals surface area (Å²) in [5.41, 5.74) is 0. The van der Waals surface area contributed by atoms with E-state index in [0.29, 0.717) is 6.61 Å². The van der Waals surface area contributed by atoms with Crippen molar-refractivity contribution in [2.45, 2.75) is 161 Å². The smallest absolute Gasteiger partial charge is 0.248 e. The van der Waals surface area contributed by atoms with E-state index in [1.807, 2.05) is 32.6 Å². The Morgan fingerprint density at radius 3 is 1.89 bits per heavy atom. The second-order valence-corrected chi connectivity index (χ2v) is 12.1. The van der Waals surface area contributed by atoms with Gasteiger partial charge in [-0.2, -0.15) is 0 Å². The normalized spacial score (nSPS) is 29.6. The monoisotopic (exact) mass is 541 g/mol. The number of carbonyl (C=O) groups is 1. The van der Waals surface area contributed by atoms with Crippen LogP contribution in [0.25, 0.3) is 0 Å². The fourth-order valence-corrected chi connectivity index (χ4v) is 5.66. The predicted octanol–water partition coefficient (Wildman–Crippen LogP) is 5.95. The molecular formula is C30H55NO7. The fraction of sp³-hybridized carbons (Fsp3) is 0.967. The average Bonchev–Trinajstić information content (AvgIpc) is 3.48. The zero-order valence-corrected chi connectivity index (χ0v) is 25.0. The quantitative estimate of drug-likeness (QED) is 0.199. The van der Waals surface area contributed by atoms with Crippen LogP contribution in [0, 0.1) is 0 Å². The molecule has 1 amide bonds. The third-order valence-electron chi connectivity index (χ3n) is 7.74. The van der Waals surface area contributed by atoms with Crippen LogP contribution in [-0.2, 0) is 33.2 Å². The van der Waals surface area contributed by atoms with Crippen LogP contribution < -0.4 is 0 Å². The SMILES string of the molecule is CCCCCCCCN(CCCCCCCC)C(=O)CO[C@@H]1[C@H]2OC(C)(C)O[C@H]2O[C@@H]1[C@H]1COC(C)(C)O1. The van der Waals surface area contributed by atoms with Crippen molar-refractivity contribution < 1.29 is 33.2 Å². The molecule has 0 radical (unpaired) electrons. The van der Waals surface area contributed by atoms with Gasteiger partial charge in [0, 0.05) is 13.1 Å². The molecule has 0 saturated carbocycles. The van der Waals surface area contributed by atoms with Crippen molar-refractivity contribution in [3.63, 3.8) is 0 Å². The van der Waals surface area contributed by atoms with Crippen molar-refractivity contribution in [1.29, 1.82) is 0 Å². The summed E-state index contributed by atoms with van der Waals surface area (Å²) in [7, 11) is 0. The molecule has 0 aromatic heterocycles. The second kappa shape index (κ2) is 15.3. The van der Waals surface area contributed by atoms with Gasteiger partial charge in [0.05, 0.1) is 6.61 Å². The van der Waals surface area contributed by atoms with E-state index in [1.165, 1.54) is 64.2 Å². The Labute approximate surface area is 231 Å². The number of hydrogen-bond acceptors (Lipinski definition) is 7. The number of ether oxygens (including phenoxy) is 6. The molecule has 3 fully saturated rings. The molecule has 38 heavy (non-hydrogen) atoms. The highest BCUT2D eigenvalue weighted by Gasteiger charge is 2.59. The molecule has 3 heterocycles. The van der Waals surface area contributed by atoms with E-state index in [9.17, 15) is 4.79 Å². The van der Waals surface area contributed by atoms with E-state index >= 15 is 0 Å². The summed E-state index contributed by atoms with van der Waals surface area (Å²) in [4.78, 5) is 15.4. The fourth-order valence-electron chi connectivity index (χ4n) is 5.66. The third kappa shape index (κ3) is 9.70. The molecule has 5 atom stereocenters. The summed E-state index contributed by atoms with van der Waals surface area (Å²) in [5, 5.41) is 0. The predicted molar refractivity (Wildman–Crippen MR) is 147 cm³/mol. The standard InChI is InChI=1S/C30H55NO7/c1-7-9-11-13-15-17-19-31(20-18-16-14-12-10-8-2)24(32)22-33-26-25(23-21-34-29(3,4)36-23)35-28-27(26)37-30(5,6)38-28/h23,25-28H,7-22H2,1-6H3/t23-,25-,26+,27-,28-/m1/s1. The lowest BCUT2D eigenvalue weighted by molar-refractivity contribution is -0.235. The molecule has 3 aliphatic rings. The molecular weight excluding hydrogens is 486 g/mol. The van der Waals surface area contributed by atoms with E-state index in [4.69, 9.17) is 28.4 Å². The number of hydrogen-bond donors (Lipinski definition) is 0. The van der Waals surface area contributed by atoms with Gasteiger partial charge in [0.1, 0.15) is 31.0 Å². The van der Waals surface area contributed by atoms with E-state index in [-0.39, 0.29) is 18.6 Å². The first-order valence-corrected chi connectivity index (χ1v) is 15.4. The van der Waals surface area contributed by atoms with Gasteiger partial charge in [-0.1, -0.05) is 78.1 Å². The number of fused-ring (bicyclic) bond motifs is 1. The average molecular weight is 542 g/mol. The molecule has 0 N–H and O–H groups in total. The van der Waals surface area contributed by atoms with E-state index < -0.39 is 36.2 Å². The van der Waals surface area contributed by atoms with Crippen LogP contribution in [-0.4, -0.2) is 79.4 Å². The van der Waals surface area contributed by atoms with Crippen LogP contribution in [0.15, 0.2) is 0 Å². The Kier molecular flexibility index (Phi) is 12.8. The summed E-state index contributed by atoms with van der Waals surface area (Å²) in [5.74, 6) is -1.41. The van der Waals surface area contributed by atoms with E-state index in [1.54, 1.807) is 0 Å². The Morgan fingerprint density at radius 2 is 1.34 bits per heavy atom. The molecule has 0 bridgehead atoms. The first kappa shape index (κ1) is 31.8. The van der Waals surface area contributed by atoms with Crippen molar-refractivity contribution in [2.75, 3.05) is 26.3 Å². The maximum absolute atomic E-state index is 13.4. The molecule has 0 unspecified atom stereocenters. The Bertz CT molecular complexity index is 684. The van der Waals surface area contributed by atoms with Gasteiger partial charge >= 0.3 is 0 Å². The van der Waals surface area contributed by atoms with E-state index in [0.717, 1.165) is 25.9 Å². The number of carbonyl (C=O) groups excluding carboxylic acids is 1. The van der Waals surface area contributed by atoms with Gasteiger partial charge < -0.3 is 33.3 Å². The highest BCUT2D eigenvalue weighted by molar-refractivity contribution is 5.77. The van der Waals surface area contributed by atoms with Crippen LogP contribution in [0.4, 0.5) is 0 Å². The van der Waals surface area contributed by atoms with Crippen LogP contribution in [0.3, 0.4) is 0 Å². The molecule has 3 rings (SSSR count). The Balaban J connectivity index is 1.56. The summed E-state index contributed by atoms with van der Waals surface area (Å²) >= 11 is 0. The molecule has 3 aliphatic heterocycles. The first-order valence-electron chi connectivity index (χ1n) is 15.4. The van der Waals surface area contributed by atoms with Crippen molar-refractivity contribution in [3.8, 4) is 0 Å². The Morgan fingerprint density at radius 1 is 0.763 bits per heavy atom. The maximum atomic E-state index is 13.4. The molecule has 0 aromatic carbocycles. The van der Waals surface area contributed by atoms with Gasteiger partial charge in [-0.3, -0.25) is 4.79 Å². The Hall–Kier alpha value is -0.770. The minimum atomic E-state index is -0.764. The summed E-state index contributed by atoms with van der Waals surface area (Å²) in [6.07, 6.45) is 12.3. The number of rotatable bonds is 18. The van der Waals surface area contributed by atoms with Gasteiger partial charge in [0.2, 0.25) is 5.91 Å². The van der Waals surface area contributed by atoms with Crippen LogP contribution in [0.2, 0.25) is 0 Å². The number of unbranched alkanes of at least 4 members (excludes halogenated alkanes) is 10. The topological polar surface area (TPSA) is 75.7 Å². The summed E-state index contributed by atoms with van der Waals surface area (Å²) < 4.78 is 36.5. The van der Waals surface area contributed by atoms with Gasteiger partial charge in [0.25, 0.3) is 0 Å². The highest BCUT2D eigenvalue weighted by Crippen LogP contribution is 2.41. The van der Waals surface area contributed by atoms with E-state index in [2.05, 4.69) is 13.8 Å². The maximum Gasteiger partial charge on any atom is 0.248 e. The zero-order chi connectivity index (χ0) is 27.6. The minimum Gasteiger partial charge on any atom is -0.363 e. The van der Waals surface area contributed by atoms with Gasteiger partial charge in [-0.15, -0.1) is 0 Å². The van der Waals surface area contributed by atoms with Crippen LogP contribution in [0.1, 0.15) is 119 Å². The summed E-state index contributed by atoms with van der Waals surface area (Å²) in [6, 6.07) is 0. The van der Waals surface area contributed by atoms with Gasteiger partial charge in [-0.05, 0) is 40.5 Å². The molecule has 0 spiro atoms. The third-order valence-corrected chi connectivity index (χ3v) is 7.74. The summed E-state index contributed by atoms with van der Waals surface area (Å²) in [6.45, 7) is 14.0. The lowest BCUT2D eigenvalue weighted by Crippen LogP contribution is -2.46. The lowest BCUT2D eigenvalue weighted by atomic mass is 10.1. The largest absolute Gasteiger partial charge is 0.363 e. The van der Waals surface area contributed by atoms with Gasteiger partial charge in [0.15, 0.2) is 17.9 Å². The lowest BCUT2D eigenvalue weighted by Gasteiger charge is -2.30. The molecule has 0 aromatic rings. The van der Waals surface area contributed by atoms with Crippen LogP contribution >= 0.6 is 0 Å². The molecule has 222 valence electrons. The molecule has 8 heteroatoms. The van der Waals surface area contributed by atoms with Crippen molar-refractivity contribution in [3.05, 3.63) is 0 Å². The molecule has 0 aliphatic carbocycles. The van der Waals surface area contributed by atoms with Crippen molar-refractivity contribution >= 4 is 5.91 Å².